The molecule has 0 N–H and O–H groups in total. The number of hydrogen-bond donors (Lipinski definition) is 0. The van der Waals surface area contributed by atoms with E-state index in [4.69, 9.17) is 0 Å². The summed E-state index contributed by atoms with van der Waals surface area (Å²) in [6.45, 7) is 14.7. The fourth-order valence-electron chi connectivity index (χ4n) is 0.447. The van der Waals surface area contributed by atoms with E-state index in [0.29, 0.717) is 0 Å². The molecular weight excluding hydrogens is 163 g/mol. The molecule has 0 aliphatic rings. The lowest BCUT2D eigenvalue weighted by molar-refractivity contribution is -0.00000189. The monoisotopic (exact) mass is 174 g/mol. The molecule has 0 fully saturated rings. The van der Waals surface area contributed by atoms with Gasteiger partial charge in [0.15, 0.2) is 0 Å². The fraction of sp³-hybridized carbons (Fsp3) is 0. The minimum atomic E-state index is -1.36. The minimum absolute atomic E-state index is 0. The Morgan fingerprint density at radius 3 is 0.900 bits per heavy atom. The Bertz CT molecular complexity index is 112. The van der Waals surface area contributed by atoms with Gasteiger partial charge in [-0.2, -0.15) is 0 Å². The van der Waals surface area contributed by atoms with E-state index < -0.39 is 7.26 Å². The van der Waals surface area contributed by atoms with Crippen LogP contribution in [0.5, 0.6) is 0 Å². The quantitative estimate of drug-likeness (QED) is 0.547. The van der Waals surface area contributed by atoms with E-state index in [-0.39, 0.29) is 12.4 Å². The molecular formula is C8H12ClP. The summed E-state index contributed by atoms with van der Waals surface area (Å²) in [5, 5.41) is 0. The molecule has 0 aromatic heterocycles. The lowest BCUT2D eigenvalue weighted by atomic mass is 11.2. The van der Waals surface area contributed by atoms with Gasteiger partial charge in [-0.1, -0.05) is 26.3 Å². The maximum Gasteiger partial charge on any atom is 0.112 e. The highest BCUT2D eigenvalue weighted by Gasteiger charge is 2.20. The Balaban J connectivity index is 0. The Morgan fingerprint density at radius 2 is 0.900 bits per heavy atom. The van der Waals surface area contributed by atoms with Crippen LogP contribution >= 0.6 is 7.26 Å². The van der Waals surface area contributed by atoms with Crippen molar-refractivity contribution in [3.05, 3.63) is 49.6 Å². The topological polar surface area (TPSA) is 0 Å². The third-order valence-electron chi connectivity index (χ3n) is 1.26. The van der Waals surface area contributed by atoms with E-state index >= 15 is 0 Å². The van der Waals surface area contributed by atoms with Crippen LogP contribution in [0, 0.1) is 0 Å². The molecule has 0 atom stereocenters. The van der Waals surface area contributed by atoms with Crippen molar-refractivity contribution in [1.82, 2.24) is 0 Å². The molecule has 0 unspecified atom stereocenters. The molecule has 0 rings (SSSR count). The summed E-state index contributed by atoms with van der Waals surface area (Å²) in [6, 6.07) is 0. The van der Waals surface area contributed by atoms with Gasteiger partial charge >= 0.3 is 0 Å². The summed E-state index contributed by atoms with van der Waals surface area (Å²) in [5.74, 6) is 7.44. The van der Waals surface area contributed by atoms with E-state index in [1.54, 1.807) is 0 Å². The zero-order valence-electron chi connectivity index (χ0n) is 5.96. The molecule has 0 radical (unpaired) electrons. The molecule has 0 aliphatic carbocycles. The first kappa shape index (κ1) is 12.4. The van der Waals surface area contributed by atoms with Crippen molar-refractivity contribution in [3.63, 3.8) is 0 Å². The zero-order chi connectivity index (χ0) is 7.33. The predicted octanol–water partition coefficient (Wildman–Crippen LogP) is 0.582. The highest BCUT2D eigenvalue weighted by atomic mass is 35.5. The van der Waals surface area contributed by atoms with Crippen LogP contribution in [0.15, 0.2) is 49.6 Å². The standard InChI is InChI=1S/C8H12P.ClH/c1-5-9(6-2,7-3)8-4;/h5-8H,1-4H2;1H/q+1;/p-1. The molecule has 10 heavy (non-hydrogen) atoms. The van der Waals surface area contributed by atoms with E-state index in [1.807, 2.05) is 23.3 Å². The van der Waals surface area contributed by atoms with Gasteiger partial charge in [0.1, 0.15) is 7.26 Å². The second-order valence-electron chi connectivity index (χ2n) is 1.62. The maximum absolute atomic E-state index is 3.68. The molecule has 56 valence electrons. The van der Waals surface area contributed by atoms with Crippen molar-refractivity contribution in [1.29, 1.82) is 0 Å². The summed E-state index contributed by atoms with van der Waals surface area (Å²) in [7, 11) is -1.36. The summed E-state index contributed by atoms with van der Waals surface area (Å²) in [4.78, 5) is 0. The summed E-state index contributed by atoms with van der Waals surface area (Å²) >= 11 is 0. The van der Waals surface area contributed by atoms with Crippen molar-refractivity contribution in [2.45, 2.75) is 0 Å². The molecule has 2 heteroatoms. The largest absolute Gasteiger partial charge is 1.00 e. The molecule has 0 aromatic carbocycles. The highest BCUT2D eigenvalue weighted by molar-refractivity contribution is 7.87. The van der Waals surface area contributed by atoms with Crippen LogP contribution in [0.2, 0.25) is 0 Å². The molecule has 0 nitrogen and oxygen atoms in total. The van der Waals surface area contributed by atoms with Crippen LogP contribution in [0.25, 0.3) is 0 Å². The van der Waals surface area contributed by atoms with Crippen LogP contribution < -0.4 is 12.4 Å². The number of rotatable bonds is 4. The van der Waals surface area contributed by atoms with Crippen molar-refractivity contribution in [3.8, 4) is 0 Å². The summed E-state index contributed by atoms with van der Waals surface area (Å²) < 4.78 is 0. The average molecular weight is 175 g/mol. The number of hydrogen-bond acceptors (Lipinski definition) is 0. The Labute approximate surface area is 69.8 Å². The van der Waals surface area contributed by atoms with E-state index in [0.717, 1.165) is 0 Å². The molecule has 0 aliphatic heterocycles. The van der Waals surface area contributed by atoms with Gasteiger partial charge in [0, 0.05) is 0 Å². The Morgan fingerprint density at radius 1 is 0.700 bits per heavy atom. The minimum Gasteiger partial charge on any atom is -1.00 e. The van der Waals surface area contributed by atoms with E-state index in [1.165, 1.54) is 0 Å². The van der Waals surface area contributed by atoms with Gasteiger partial charge in [-0.3, -0.25) is 0 Å². The average Bonchev–Trinajstić information content (AvgIpc) is 1.95. The Hall–Kier alpha value is -0.320. The second-order valence-corrected chi connectivity index (χ2v) is 4.87. The third kappa shape index (κ3) is 2.51. The molecule has 0 amide bonds. The van der Waals surface area contributed by atoms with Gasteiger partial charge in [0.2, 0.25) is 0 Å². The molecule has 0 saturated heterocycles. The van der Waals surface area contributed by atoms with Crippen molar-refractivity contribution in [2.75, 3.05) is 0 Å². The predicted molar refractivity (Wildman–Crippen MR) is 47.7 cm³/mol. The molecule has 0 aromatic rings. The first-order valence-corrected chi connectivity index (χ1v) is 4.73. The van der Waals surface area contributed by atoms with Gasteiger partial charge < -0.3 is 12.4 Å². The van der Waals surface area contributed by atoms with Crippen LogP contribution in [0.3, 0.4) is 0 Å². The Kier molecular flexibility index (Phi) is 6.76. The van der Waals surface area contributed by atoms with E-state index in [9.17, 15) is 0 Å². The van der Waals surface area contributed by atoms with Crippen LogP contribution in [0.4, 0.5) is 0 Å². The summed E-state index contributed by atoms with van der Waals surface area (Å²) in [5.41, 5.74) is 0. The van der Waals surface area contributed by atoms with Gasteiger partial charge in [-0.15, -0.1) is 0 Å². The zero-order valence-corrected chi connectivity index (χ0v) is 7.61. The van der Waals surface area contributed by atoms with Crippen LogP contribution in [-0.4, -0.2) is 0 Å². The lowest BCUT2D eigenvalue weighted by Crippen LogP contribution is -3.00. The van der Waals surface area contributed by atoms with Crippen molar-refractivity contribution in [2.24, 2.45) is 0 Å². The second kappa shape index (κ2) is 5.46. The molecule has 0 bridgehead atoms. The smallest absolute Gasteiger partial charge is 0.112 e. The normalized spacial score (nSPS) is 8.80. The fourth-order valence-corrected chi connectivity index (χ4v) is 1.34. The SMILES string of the molecule is C=C[P+](C=C)(C=C)C=C.[Cl-]. The van der Waals surface area contributed by atoms with Gasteiger partial charge in [-0.25, -0.2) is 0 Å². The van der Waals surface area contributed by atoms with Crippen LogP contribution in [-0.2, 0) is 0 Å². The van der Waals surface area contributed by atoms with Crippen molar-refractivity contribution < 1.29 is 12.4 Å². The van der Waals surface area contributed by atoms with Gasteiger partial charge in [0.05, 0.1) is 23.3 Å². The van der Waals surface area contributed by atoms with Crippen molar-refractivity contribution >= 4 is 7.26 Å². The molecule has 0 heterocycles. The third-order valence-corrected chi connectivity index (χ3v) is 3.79. The first-order valence-electron chi connectivity index (χ1n) is 2.67. The van der Waals surface area contributed by atoms with E-state index in [2.05, 4.69) is 26.3 Å². The van der Waals surface area contributed by atoms with Gasteiger partial charge in [-0.05, 0) is 0 Å². The molecule has 0 saturated carbocycles. The number of halogens is 1. The van der Waals surface area contributed by atoms with Gasteiger partial charge in [0.25, 0.3) is 0 Å². The van der Waals surface area contributed by atoms with Crippen LogP contribution in [0.1, 0.15) is 0 Å². The lowest BCUT2D eigenvalue weighted by Gasteiger charge is -2.04. The first-order chi connectivity index (χ1) is 4.24. The summed E-state index contributed by atoms with van der Waals surface area (Å²) in [6.07, 6.45) is 0. The molecule has 0 spiro atoms. The highest BCUT2D eigenvalue weighted by Crippen LogP contribution is 2.63. The maximum atomic E-state index is 3.68.